The zero-order valence-corrected chi connectivity index (χ0v) is 27.5. The fourth-order valence-electron chi connectivity index (χ4n) is 3.49. The first-order chi connectivity index (χ1) is 17.5. The molecule has 0 saturated carbocycles. The van der Waals surface area contributed by atoms with E-state index in [1.807, 2.05) is 46.8 Å². The summed E-state index contributed by atoms with van der Waals surface area (Å²) < 4.78 is 27.6. The van der Waals surface area contributed by atoms with Gasteiger partial charge >= 0.3 is 0 Å². The van der Waals surface area contributed by atoms with Gasteiger partial charge in [-0.1, -0.05) is 55.4 Å². The number of rotatable bonds is 9. The van der Waals surface area contributed by atoms with Crippen molar-refractivity contribution in [1.29, 1.82) is 0 Å². The first-order valence-electron chi connectivity index (χ1n) is 12.7. The third-order valence-corrected chi connectivity index (χ3v) is 14.5. The maximum Gasteiger partial charge on any atom is 0.192 e. The first-order valence-corrected chi connectivity index (χ1v) is 17.9. The zero-order chi connectivity index (χ0) is 28.5. The molecule has 0 aliphatic heterocycles. The van der Waals surface area contributed by atoms with Gasteiger partial charge in [0.2, 0.25) is 0 Å². The monoisotopic (exact) mass is 593 g/mol. The van der Waals surface area contributed by atoms with E-state index in [0.29, 0.717) is 18.2 Å². The van der Waals surface area contributed by atoms with E-state index in [-0.39, 0.29) is 5.04 Å². The molecule has 0 fully saturated rings. The summed E-state index contributed by atoms with van der Waals surface area (Å²) in [4.78, 5) is 5.56. The van der Waals surface area contributed by atoms with Crippen molar-refractivity contribution >= 4 is 42.7 Å². The lowest BCUT2D eigenvalue weighted by Gasteiger charge is -2.36. The summed E-state index contributed by atoms with van der Waals surface area (Å²) in [7, 11) is -3.18. The second kappa shape index (κ2) is 11.9. The molecule has 1 aromatic carbocycles. The van der Waals surface area contributed by atoms with Gasteiger partial charge in [0.15, 0.2) is 8.32 Å². The summed E-state index contributed by atoms with van der Waals surface area (Å²) in [5.41, 5.74) is 4.58. The Hall–Kier alpha value is -1.49. The van der Waals surface area contributed by atoms with Gasteiger partial charge in [-0.25, -0.2) is 13.9 Å². The van der Waals surface area contributed by atoms with Crippen LogP contribution in [0.15, 0.2) is 44.9 Å². The van der Waals surface area contributed by atoms with E-state index in [4.69, 9.17) is 20.6 Å². The summed E-state index contributed by atoms with van der Waals surface area (Å²) in [6, 6.07) is 8.00. The Kier molecular flexibility index (Phi) is 9.75. The highest BCUT2D eigenvalue weighted by Crippen LogP contribution is 2.42. The maximum atomic E-state index is 12.8. The molecule has 0 spiro atoms. The van der Waals surface area contributed by atoms with Crippen molar-refractivity contribution in [2.45, 2.75) is 101 Å². The van der Waals surface area contributed by atoms with Crippen molar-refractivity contribution in [1.82, 2.24) is 14.9 Å². The Bertz CT molecular complexity index is 1290. The molecule has 1 unspecified atom stereocenters. The van der Waals surface area contributed by atoms with Crippen LogP contribution in [0.3, 0.4) is 0 Å². The van der Waals surface area contributed by atoms with Crippen LogP contribution >= 0.6 is 23.4 Å². The number of hydrogen-bond acceptors (Lipinski definition) is 6. The van der Waals surface area contributed by atoms with Gasteiger partial charge in [-0.15, -0.1) is 0 Å². The molecule has 6 nitrogen and oxygen atoms in total. The third-order valence-electron chi connectivity index (χ3n) is 6.84. The summed E-state index contributed by atoms with van der Waals surface area (Å²) in [5, 5.41) is 5.66. The number of halogens is 1. The minimum Gasteiger partial charge on any atom is -0.412 e. The topological polar surface area (TPSA) is 77.2 Å². The second-order valence-electron chi connectivity index (χ2n) is 12.0. The average molecular weight is 594 g/mol. The molecule has 1 N–H and O–H groups in total. The molecule has 0 saturated heterocycles. The molecular formula is C28H40ClN3O3S2Si. The number of pyridine rings is 1. The number of benzene rings is 1. The third kappa shape index (κ3) is 7.37. The van der Waals surface area contributed by atoms with E-state index in [0.717, 1.165) is 43.6 Å². The fraction of sp³-hybridized carbons (Fsp3) is 0.500. The Labute approximate surface area is 240 Å². The molecular weight excluding hydrogens is 554 g/mol. The SMILES string of the molecule is Cc1noc(C)c1-c1cc(Cl)c(Sc2ncccc2CO[Si](C)(C)C(C)(C)C)c(CNS(=O)C(C)(C)C)c1. The molecule has 0 aliphatic rings. The van der Waals surface area contributed by atoms with Crippen LogP contribution in [0.5, 0.6) is 0 Å². The largest absolute Gasteiger partial charge is 0.412 e. The van der Waals surface area contributed by atoms with Crippen molar-refractivity contribution < 1.29 is 13.2 Å². The molecule has 0 amide bonds. The molecule has 0 aliphatic carbocycles. The highest BCUT2D eigenvalue weighted by atomic mass is 35.5. The molecule has 3 aromatic rings. The minimum absolute atomic E-state index is 0.112. The van der Waals surface area contributed by atoms with Crippen LogP contribution in [0, 0.1) is 13.8 Å². The van der Waals surface area contributed by atoms with E-state index in [1.165, 1.54) is 11.8 Å². The van der Waals surface area contributed by atoms with Gasteiger partial charge in [-0.3, -0.25) is 0 Å². The van der Waals surface area contributed by atoms with Crippen LogP contribution in [-0.2, 0) is 28.6 Å². The standard InChI is InChI=1S/C28H40ClN3O3S2Si/c1-18-24(19(2)35-32-18)21-14-22(16-31-37(33)27(3,4)5)25(23(29)15-21)36-26-20(12-11-13-30-26)17-34-38(9,10)28(6,7)8/h11-15,31H,16-17H2,1-10H3. The highest BCUT2D eigenvalue weighted by Gasteiger charge is 2.37. The molecule has 3 rings (SSSR count). The molecule has 1 atom stereocenters. The minimum atomic E-state index is -1.94. The van der Waals surface area contributed by atoms with E-state index in [2.05, 4.69) is 60.9 Å². The zero-order valence-electron chi connectivity index (χ0n) is 24.1. The molecule has 38 heavy (non-hydrogen) atoms. The van der Waals surface area contributed by atoms with Crippen molar-refractivity contribution in [2.24, 2.45) is 0 Å². The van der Waals surface area contributed by atoms with Crippen LogP contribution in [0.4, 0.5) is 0 Å². The number of nitrogens with zero attached hydrogens (tertiary/aromatic N) is 2. The summed E-state index contributed by atoms with van der Waals surface area (Å²) >= 11 is 8.46. The Morgan fingerprint density at radius 2 is 1.82 bits per heavy atom. The van der Waals surface area contributed by atoms with Crippen LogP contribution in [0.2, 0.25) is 23.2 Å². The van der Waals surface area contributed by atoms with Crippen molar-refractivity contribution in [2.75, 3.05) is 0 Å². The normalized spacial score (nSPS) is 13.7. The van der Waals surface area contributed by atoms with Gasteiger partial charge in [-0.2, -0.15) is 0 Å². The Morgan fingerprint density at radius 1 is 1.13 bits per heavy atom. The van der Waals surface area contributed by atoms with Crippen molar-refractivity contribution in [3.8, 4) is 11.1 Å². The average Bonchev–Trinajstić information content (AvgIpc) is 3.14. The fourth-order valence-corrected chi connectivity index (χ4v) is 6.50. The summed E-state index contributed by atoms with van der Waals surface area (Å²) in [5.74, 6) is 0.728. The lowest BCUT2D eigenvalue weighted by molar-refractivity contribution is 0.273. The predicted molar refractivity (Wildman–Crippen MR) is 162 cm³/mol. The maximum absolute atomic E-state index is 12.8. The number of aromatic nitrogens is 2. The number of hydrogen-bond donors (Lipinski definition) is 1. The van der Waals surface area contributed by atoms with Crippen LogP contribution < -0.4 is 4.72 Å². The van der Waals surface area contributed by atoms with Gasteiger partial charge in [0, 0.05) is 28.8 Å². The number of aryl methyl sites for hydroxylation is 2. The summed E-state index contributed by atoms with van der Waals surface area (Å²) in [6.07, 6.45) is 1.79. The molecule has 208 valence electrons. The predicted octanol–water partition coefficient (Wildman–Crippen LogP) is 8.23. The molecule has 2 aromatic heterocycles. The van der Waals surface area contributed by atoms with E-state index in [9.17, 15) is 4.21 Å². The number of nitrogens with one attached hydrogen (secondary N) is 1. The van der Waals surface area contributed by atoms with Gasteiger partial charge < -0.3 is 8.95 Å². The quantitative estimate of drug-likeness (QED) is 0.252. The van der Waals surface area contributed by atoms with E-state index >= 15 is 0 Å². The Balaban J connectivity index is 2.01. The molecule has 0 bridgehead atoms. The smallest absolute Gasteiger partial charge is 0.192 e. The molecule has 10 heteroatoms. The van der Waals surface area contributed by atoms with Gasteiger partial charge in [0.05, 0.1) is 33.1 Å². The highest BCUT2D eigenvalue weighted by molar-refractivity contribution is 7.99. The van der Waals surface area contributed by atoms with Crippen molar-refractivity contribution in [3.63, 3.8) is 0 Å². The van der Waals surface area contributed by atoms with Gasteiger partial charge in [0.25, 0.3) is 0 Å². The van der Waals surface area contributed by atoms with Gasteiger partial charge in [0.1, 0.15) is 10.8 Å². The molecule has 0 radical (unpaired) electrons. The van der Waals surface area contributed by atoms with Crippen LogP contribution in [-0.4, -0.2) is 27.4 Å². The van der Waals surface area contributed by atoms with E-state index < -0.39 is 24.1 Å². The molecule has 2 heterocycles. The van der Waals surface area contributed by atoms with Crippen molar-refractivity contribution in [3.05, 3.63) is 58.1 Å². The lowest BCUT2D eigenvalue weighted by atomic mass is 10.0. The Morgan fingerprint density at radius 3 is 2.39 bits per heavy atom. The lowest BCUT2D eigenvalue weighted by Crippen LogP contribution is -2.40. The second-order valence-corrected chi connectivity index (χ2v) is 20.2. The van der Waals surface area contributed by atoms with Crippen LogP contribution in [0.25, 0.3) is 11.1 Å². The van der Waals surface area contributed by atoms with Gasteiger partial charge in [-0.05, 0) is 82.1 Å². The van der Waals surface area contributed by atoms with Crippen LogP contribution in [0.1, 0.15) is 64.1 Å². The first kappa shape index (κ1) is 31.0. The van der Waals surface area contributed by atoms with E-state index in [1.54, 1.807) is 6.20 Å². The summed E-state index contributed by atoms with van der Waals surface area (Å²) in [6.45, 7) is 21.7.